The van der Waals surface area contributed by atoms with E-state index in [2.05, 4.69) is 5.32 Å². The standard InChI is InChI=1S/C23H29ClFN3O2/c1-23(25)10-8-15(9-11-23)12-26-22(30)17-14-28(13-16-6-7-20(29)27(16)2)19-5-3-4-18(24)21(17)19/h3-5,14-16H,6-13H2,1-2H3,(H,26,30)/t15?,16-,23?/m1/s1. The van der Waals surface area contributed by atoms with Gasteiger partial charge in [0.05, 0.1) is 16.1 Å². The van der Waals surface area contributed by atoms with Crippen molar-refractivity contribution < 1.29 is 14.0 Å². The molecule has 162 valence electrons. The molecule has 30 heavy (non-hydrogen) atoms. The summed E-state index contributed by atoms with van der Waals surface area (Å²) in [7, 11) is 1.83. The molecule has 4 rings (SSSR count). The van der Waals surface area contributed by atoms with E-state index in [0.717, 1.165) is 30.2 Å². The Morgan fingerprint density at radius 2 is 2.03 bits per heavy atom. The molecule has 2 aromatic rings. The van der Waals surface area contributed by atoms with Crippen LogP contribution in [0.5, 0.6) is 0 Å². The Bertz CT molecular complexity index is 961. The fraction of sp³-hybridized carbons (Fsp3) is 0.565. The predicted molar refractivity (Wildman–Crippen MR) is 117 cm³/mol. The summed E-state index contributed by atoms with van der Waals surface area (Å²) in [5.74, 6) is 0.306. The second-order valence-corrected chi connectivity index (χ2v) is 9.50. The average Bonchev–Trinajstić information content (AvgIpc) is 3.23. The smallest absolute Gasteiger partial charge is 0.253 e. The highest BCUT2D eigenvalue weighted by Gasteiger charge is 2.31. The van der Waals surface area contributed by atoms with Crippen molar-refractivity contribution >= 4 is 34.3 Å². The Balaban J connectivity index is 1.52. The summed E-state index contributed by atoms with van der Waals surface area (Å²) < 4.78 is 16.1. The van der Waals surface area contributed by atoms with Crippen LogP contribution in [0.4, 0.5) is 4.39 Å². The number of aromatic nitrogens is 1. The van der Waals surface area contributed by atoms with E-state index in [9.17, 15) is 14.0 Å². The number of amides is 2. The molecule has 0 unspecified atom stereocenters. The second-order valence-electron chi connectivity index (χ2n) is 9.09. The lowest BCUT2D eigenvalue weighted by atomic mass is 9.81. The maximum absolute atomic E-state index is 14.0. The highest BCUT2D eigenvalue weighted by molar-refractivity contribution is 6.36. The first kappa shape index (κ1) is 21.2. The average molecular weight is 434 g/mol. The maximum Gasteiger partial charge on any atom is 0.253 e. The van der Waals surface area contributed by atoms with Crippen LogP contribution in [0.3, 0.4) is 0 Å². The molecular weight excluding hydrogens is 405 g/mol. The van der Waals surface area contributed by atoms with Crippen LogP contribution in [0.2, 0.25) is 5.02 Å². The number of nitrogens with one attached hydrogen (secondary N) is 1. The summed E-state index contributed by atoms with van der Waals surface area (Å²) in [6.07, 6.45) is 5.90. The number of nitrogens with zero attached hydrogens (tertiary/aromatic N) is 2. The van der Waals surface area contributed by atoms with E-state index in [4.69, 9.17) is 11.6 Å². The van der Waals surface area contributed by atoms with Crippen molar-refractivity contribution in [3.05, 3.63) is 35.0 Å². The second kappa shape index (κ2) is 8.22. The van der Waals surface area contributed by atoms with E-state index < -0.39 is 5.67 Å². The van der Waals surface area contributed by atoms with E-state index >= 15 is 0 Å². The maximum atomic E-state index is 14.0. The van der Waals surface area contributed by atoms with E-state index in [0.29, 0.717) is 48.9 Å². The van der Waals surface area contributed by atoms with Crippen molar-refractivity contribution in [3.63, 3.8) is 0 Å². The van der Waals surface area contributed by atoms with Crippen LogP contribution >= 0.6 is 11.6 Å². The van der Waals surface area contributed by atoms with Crippen LogP contribution < -0.4 is 5.32 Å². The van der Waals surface area contributed by atoms with Crippen LogP contribution in [0.15, 0.2) is 24.4 Å². The van der Waals surface area contributed by atoms with Crippen LogP contribution in [0.1, 0.15) is 55.8 Å². The summed E-state index contributed by atoms with van der Waals surface area (Å²) in [4.78, 5) is 26.7. The number of alkyl halides is 1. The summed E-state index contributed by atoms with van der Waals surface area (Å²) >= 11 is 6.47. The number of hydrogen-bond acceptors (Lipinski definition) is 2. The van der Waals surface area contributed by atoms with Crippen molar-refractivity contribution in [2.75, 3.05) is 13.6 Å². The van der Waals surface area contributed by atoms with E-state index in [1.165, 1.54) is 0 Å². The van der Waals surface area contributed by atoms with Crippen molar-refractivity contribution in [3.8, 4) is 0 Å². The van der Waals surface area contributed by atoms with Gasteiger partial charge in [-0.05, 0) is 57.1 Å². The van der Waals surface area contributed by atoms with Gasteiger partial charge >= 0.3 is 0 Å². The molecule has 0 bridgehead atoms. The number of hydrogen-bond donors (Lipinski definition) is 1. The highest BCUT2D eigenvalue weighted by Crippen LogP contribution is 2.34. The lowest BCUT2D eigenvalue weighted by Gasteiger charge is -2.31. The van der Waals surface area contributed by atoms with Crippen LogP contribution in [-0.2, 0) is 11.3 Å². The van der Waals surface area contributed by atoms with Gasteiger partial charge in [-0.1, -0.05) is 17.7 Å². The Morgan fingerprint density at radius 1 is 1.30 bits per heavy atom. The van der Waals surface area contributed by atoms with Crippen LogP contribution in [-0.4, -0.2) is 46.6 Å². The monoisotopic (exact) mass is 433 g/mol. The molecule has 1 aromatic heterocycles. The molecule has 2 aliphatic rings. The lowest BCUT2D eigenvalue weighted by molar-refractivity contribution is -0.127. The Labute approximate surface area is 181 Å². The van der Waals surface area contributed by atoms with Crippen molar-refractivity contribution in [1.29, 1.82) is 0 Å². The highest BCUT2D eigenvalue weighted by atomic mass is 35.5. The van der Waals surface area contributed by atoms with E-state index in [1.54, 1.807) is 17.9 Å². The molecule has 1 N–H and O–H groups in total. The molecule has 2 heterocycles. The van der Waals surface area contributed by atoms with Gasteiger partial charge in [0.25, 0.3) is 5.91 Å². The molecule has 0 radical (unpaired) electrons. The quantitative estimate of drug-likeness (QED) is 0.751. The van der Waals surface area contributed by atoms with Gasteiger partial charge in [-0.25, -0.2) is 4.39 Å². The third-order valence-electron chi connectivity index (χ3n) is 6.84. The lowest BCUT2D eigenvalue weighted by Crippen LogP contribution is -2.34. The van der Waals surface area contributed by atoms with Gasteiger partial charge in [0, 0.05) is 44.2 Å². The zero-order valence-electron chi connectivity index (χ0n) is 17.6. The number of carbonyl (C=O) groups is 2. The summed E-state index contributed by atoms with van der Waals surface area (Å²) in [6, 6.07) is 5.74. The number of likely N-dealkylation sites (N-methyl/N-ethyl adjacent to an activating group) is 1. The fourth-order valence-electron chi connectivity index (χ4n) is 4.75. The third kappa shape index (κ3) is 4.20. The fourth-order valence-corrected chi connectivity index (χ4v) is 5.02. The Kier molecular flexibility index (Phi) is 5.80. The predicted octanol–water partition coefficient (Wildman–Crippen LogP) is 4.56. The zero-order valence-corrected chi connectivity index (χ0v) is 18.3. The van der Waals surface area contributed by atoms with Crippen LogP contribution in [0.25, 0.3) is 10.9 Å². The minimum atomic E-state index is -1.07. The summed E-state index contributed by atoms with van der Waals surface area (Å²) in [6.45, 7) is 2.84. The zero-order chi connectivity index (χ0) is 21.5. The molecule has 1 aliphatic carbocycles. The van der Waals surface area contributed by atoms with Crippen molar-refractivity contribution in [2.24, 2.45) is 5.92 Å². The molecule has 2 fully saturated rings. The first-order valence-electron chi connectivity index (χ1n) is 10.8. The molecule has 2 amide bonds. The number of halogens is 2. The first-order chi connectivity index (χ1) is 14.2. The minimum absolute atomic E-state index is 0.111. The minimum Gasteiger partial charge on any atom is -0.352 e. The molecule has 5 nitrogen and oxygen atoms in total. The molecule has 7 heteroatoms. The Morgan fingerprint density at radius 3 is 2.70 bits per heavy atom. The van der Waals surface area contributed by atoms with E-state index in [-0.39, 0.29) is 17.9 Å². The summed E-state index contributed by atoms with van der Waals surface area (Å²) in [5.41, 5.74) is 0.371. The molecule has 0 spiro atoms. The van der Waals surface area contributed by atoms with Gasteiger partial charge in [0.2, 0.25) is 5.91 Å². The van der Waals surface area contributed by atoms with E-state index in [1.807, 2.05) is 29.9 Å². The van der Waals surface area contributed by atoms with Gasteiger partial charge in [-0.3, -0.25) is 9.59 Å². The summed E-state index contributed by atoms with van der Waals surface area (Å²) in [5, 5.41) is 4.32. The number of carbonyl (C=O) groups excluding carboxylic acids is 2. The topological polar surface area (TPSA) is 54.3 Å². The number of likely N-dealkylation sites (tertiary alicyclic amines) is 1. The van der Waals surface area contributed by atoms with Gasteiger partial charge in [-0.15, -0.1) is 0 Å². The molecule has 1 saturated carbocycles. The molecular formula is C23H29ClFN3O2. The SMILES string of the molecule is CN1C(=O)CC[C@@H]1Cn1cc(C(=O)NCC2CCC(C)(F)CC2)c2c(Cl)cccc21. The number of fused-ring (bicyclic) bond motifs is 1. The number of benzene rings is 1. The third-order valence-corrected chi connectivity index (χ3v) is 7.15. The van der Waals surface area contributed by atoms with Crippen molar-refractivity contribution in [1.82, 2.24) is 14.8 Å². The largest absolute Gasteiger partial charge is 0.352 e. The number of rotatable bonds is 5. The molecule has 1 aliphatic heterocycles. The van der Waals surface area contributed by atoms with Gasteiger partial charge < -0.3 is 14.8 Å². The Hall–Kier alpha value is -2.08. The van der Waals surface area contributed by atoms with Gasteiger partial charge in [0.1, 0.15) is 5.67 Å². The van der Waals surface area contributed by atoms with Gasteiger partial charge in [-0.2, -0.15) is 0 Å². The van der Waals surface area contributed by atoms with Gasteiger partial charge in [0.15, 0.2) is 0 Å². The molecule has 1 aromatic carbocycles. The molecule has 1 atom stereocenters. The normalized spacial score (nSPS) is 27.1. The first-order valence-corrected chi connectivity index (χ1v) is 11.1. The molecule has 1 saturated heterocycles. The van der Waals surface area contributed by atoms with Crippen molar-refractivity contribution in [2.45, 2.75) is 63.7 Å². The van der Waals surface area contributed by atoms with Crippen LogP contribution in [0, 0.1) is 5.92 Å².